The van der Waals surface area contributed by atoms with Gasteiger partial charge in [0, 0.05) is 6.07 Å². The van der Waals surface area contributed by atoms with Crippen LogP contribution in [0.2, 0.25) is 0 Å². The van der Waals surface area contributed by atoms with Crippen molar-refractivity contribution in [3.8, 4) is 11.6 Å². The average molecular weight is 251 g/mol. The highest BCUT2D eigenvalue weighted by molar-refractivity contribution is 5.90. The second kappa shape index (κ2) is 4.48. The molecule has 0 radical (unpaired) electrons. The van der Waals surface area contributed by atoms with Gasteiger partial charge in [-0.05, 0) is 33.6 Å². The van der Waals surface area contributed by atoms with Gasteiger partial charge in [-0.2, -0.15) is 0 Å². The minimum atomic E-state index is -1.07. The molecule has 1 aliphatic rings. The largest absolute Gasteiger partial charge is 0.489 e. The number of nitrogens with zero attached hydrogens (tertiary/aromatic N) is 1. The first-order valence-corrected chi connectivity index (χ1v) is 5.94. The van der Waals surface area contributed by atoms with Gasteiger partial charge in [0.05, 0.1) is 12.3 Å². The van der Waals surface area contributed by atoms with Gasteiger partial charge in [-0.15, -0.1) is 0 Å². The first-order valence-electron chi connectivity index (χ1n) is 5.94. The average Bonchev–Trinajstić information content (AvgIpc) is 3.01. The summed E-state index contributed by atoms with van der Waals surface area (Å²) in [5.41, 5.74) is -0.459. The lowest BCUT2D eigenvalue weighted by molar-refractivity contribution is 0.0676. The zero-order valence-corrected chi connectivity index (χ0v) is 10.8. The van der Waals surface area contributed by atoms with E-state index in [0.717, 1.165) is 12.8 Å². The Balaban J connectivity index is 2.25. The number of aromatic nitrogens is 1. The van der Waals surface area contributed by atoms with Crippen LogP contribution in [0.4, 0.5) is 0 Å². The second-order valence-electron chi connectivity index (χ2n) is 5.36. The van der Waals surface area contributed by atoms with Gasteiger partial charge < -0.3 is 14.6 Å². The molecule has 5 heteroatoms. The quantitative estimate of drug-likeness (QED) is 0.890. The van der Waals surface area contributed by atoms with Crippen LogP contribution in [0, 0.1) is 0 Å². The highest BCUT2D eigenvalue weighted by Gasteiger charge is 2.25. The van der Waals surface area contributed by atoms with E-state index >= 15 is 0 Å². The van der Waals surface area contributed by atoms with Gasteiger partial charge >= 0.3 is 5.97 Å². The number of carboxylic acid groups (broad SMARTS) is 1. The van der Waals surface area contributed by atoms with Gasteiger partial charge in [-0.3, -0.25) is 0 Å². The molecule has 0 saturated heterocycles. The van der Waals surface area contributed by atoms with E-state index < -0.39 is 11.6 Å². The summed E-state index contributed by atoms with van der Waals surface area (Å²) in [6, 6.07) is 1.47. The van der Waals surface area contributed by atoms with E-state index in [4.69, 9.17) is 14.6 Å². The monoisotopic (exact) mass is 251 g/mol. The maximum absolute atomic E-state index is 11.2. The van der Waals surface area contributed by atoms with Crippen LogP contribution in [0.15, 0.2) is 12.3 Å². The minimum Gasteiger partial charge on any atom is -0.489 e. The van der Waals surface area contributed by atoms with Crippen LogP contribution >= 0.6 is 0 Å². The number of carbonyl (C=O) groups is 1. The molecule has 2 rings (SSSR count). The number of pyridine rings is 1. The molecule has 0 aromatic carbocycles. The lowest BCUT2D eigenvalue weighted by Gasteiger charge is -2.21. The van der Waals surface area contributed by atoms with Crippen LogP contribution in [-0.4, -0.2) is 27.8 Å². The zero-order valence-electron chi connectivity index (χ0n) is 10.8. The lowest BCUT2D eigenvalue weighted by atomic mass is 10.2. The van der Waals surface area contributed by atoms with Crippen LogP contribution in [0.1, 0.15) is 44.0 Å². The predicted molar refractivity (Wildman–Crippen MR) is 65.2 cm³/mol. The van der Waals surface area contributed by atoms with Gasteiger partial charge in [0.15, 0.2) is 0 Å². The van der Waals surface area contributed by atoms with E-state index in [2.05, 4.69) is 4.98 Å². The molecule has 98 valence electrons. The molecule has 18 heavy (non-hydrogen) atoms. The number of hydrogen-bond acceptors (Lipinski definition) is 4. The first kappa shape index (κ1) is 12.7. The Hall–Kier alpha value is -1.78. The van der Waals surface area contributed by atoms with E-state index in [1.807, 2.05) is 20.8 Å². The maximum Gasteiger partial charge on any atom is 0.341 e. The van der Waals surface area contributed by atoms with Crippen molar-refractivity contribution in [3.63, 3.8) is 0 Å². The summed E-state index contributed by atoms with van der Waals surface area (Å²) in [5.74, 6) is -0.461. The topological polar surface area (TPSA) is 68.7 Å². The molecular formula is C13H17NO4. The van der Waals surface area contributed by atoms with Crippen molar-refractivity contribution in [1.29, 1.82) is 0 Å². The highest BCUT2D eigenvalue weighted by Crippen LogP contribution is 2.29. The maximum atomic E-state index is 11.2. The van der Waals surface area contributed by atoms with Gasteiger partial charge in [0.1, 0.15) is 16.9 Å². The summed E-state index contributed by atoms with van der Waals surface area (Å²) >= 11 is 0. The number of aromatic carboxylic acids is 1. The van der Waals surface area contributed by atoms with Crippen LogP contribution in [-0.2, 0) is 0 Å². The molecule has 1 saturated carbocycles. The smallest absolute Gasteiger partial charge is 0.341 e. The third-order valence-corrected chi connectivity index (χ3v) is 2.29. The van der Waals surface area contributed by atoms with Crippen LogP contribution in [0.25, 0.3) is 0 Å². The molecule has 5 nitrogen and oxygen atoms in total. The normalized spacial score (nSPS) is 15.3. The fraction of sp³-hybridized carbons (Fsp3) is 0.538. The Morgan fingerprint density at radius 2 is 2.11 bits per heavy atom. The number of carboxylic acids is 1. The SMILES string of the molecule is CC(C)(C)Oc1ncc(OC2CC2)cc1C(=O)O. The molecule has 1 aliphatic carbocycles. The molecule has 1 heterocycles. The number of ether oxygens (including phenoxy) is 2. The van der Waals surface area contributed by atoms with Crippen molar-refractivity contribution in [2.45, 2.75) is 45.3 Å². The van der Waals surface area contributed by atoms with Crippen molar-refractivity contribution < 1.29 is 19.4 Å². The van der Waals surface area contributed by atoms with Crippen molar-refractivity contribution >= 4 is 5.97 Å². The van der Waals surface area contributed by atoms with E-state index in [-0.39, 0.29) is 17.5 Å². The predicted octanol–water partition coefficient (Wildman–Crippen LogP) is 2.50. The fourth-order valence-corrected chi connectivity index (χ4v) is 1.40. The third kappa shape index (κ3) is 3.35. The third-order valence-electron chi connectivity index (χ3n) is 2.29. The van der Waals surface area contributed by atoms with Gasteiger partial charge in [-0.25, -0.2) is 9.78 Å². The summed E-state index contributed by atoms with van der Waals surface area (Å²) in [7, 11) is 0. The van der Waals surface area contributed by atoms with E-state index in [9.17, 15) is 4.79 Å². The van der Waals surface area contributed by atoms with Crippen molar-refractivity contribution in [3.05, 3.63) is 17.8 Å². The molecule has 0 aliphatic heterocycles. The summed E-state index contributed by atoms with van der Waals surface area (Å²) in [5, 5.41) is 9.16. The van der Waals surface area contributed by atoms with Crippen molar-refractivity contribution in [2.24, 2.45) is 0 Å². The molecule has 0 amide bonds. The Morgan fingerprint density at radius 1 is 1.44 bits per heavy atom. The standard InChI is InChI=1S/C13H17NO4/c1-13(2,3)18-11-10(12(15)16)6-9(7-14-11)17-8-4-5-8/h6-8H,4-5H2,1-3H3,(H,15,16). The van der Waals surface area contributed by atoms with Crippen LogP contribution in [0.3, 0.4) is 0 Å². The van der Waals surface area contributed by atoms with Gasteiger partial charge in [-0.1, -0.05) is 0 Å². The number of rotatable bonds is 4. The Labute approximate surface area is 106 Å². The van der Waals surface area contributed by atoms with E-state index in [1.54, 1.807) is 0 Å². The molecular weight excluding hydrogens is 234 g/mol. The van der Waals surface area contributed by atoms with E-state index in [1.165, 1.54) is 12.3 Å². The van der Waals surface area contributed by atoms with Gasteiger partial charge in [0.2, 0.25) is 5.88 Å². The number of hydrogen-bond donors (Lipinski definition) is 1. The Bertz CT molecular complexity index is 461. The molecule has 1 N–H and O–H groups in total. The van der Waals surface area contributed by atoms with Crippen molar-refractivity contribution in [1.82, 2.24) is 4.98 Å². The molecule has 0 unspecified atom stereocenters. The van der Waals surface area contributed by atoms with E-state index in [0.29, 0.717) is 5.75 Å². The minimum absolute atomic E-state index is 0.0306. The summed E-state index contributed by atoms with van der Waals surface area (Å²) in [6.07, 6.45) is 3.75. The van der Waals surface area contributed by atoms with Gasteiger partial charge in [0.25, 0.3) is 0 Å². The second-order valence-corrected chi connectivity index (χ2v) is 5.36. The van der Waals surface area contributed by atoms with Crippen LogP contribution in [0.5, 0.6) is 11.6 Å². The molecule has 1 aromatic rings. The molecule has 0 bridgehead atoms. The highest BCUT2D eigenvalue weighted by atomic mass is 16.5. The molecule has 1 aromatic heterocycles. The molecule has 0 spiro atoms. The Kier molecular flexibility index (Phi) is 3.15. The molecule has 1 fully saturated rings. The lowest BCUT2D eigenvalue weighted by Crippen LogP contribution is -2.25. The molecule has 0 atom stereocenters. The Morgan fingerprint density at radius 3 is 2.61 bits per heavy atom. The fourth-order valence-electron chi connectivity index (χ4n) is 1.40. The van der Waals surface area contributed by atoms with Crippen LogP contribution < -0.4 is 9.47 Å². The van der Waals surface area contributed by atoms with Crippen molar-refractivity contribution in [2.75, 3.05) is 0 Å². The summed E-state index contributed by atoms with van der Waals surface area (Å²) < 4.78 is 11.0. The summed E-state index contributed by atoms with van der Waals surface area (Å²) in [4.78, 5) is 15.2. The summed E-state index contributed by atoms with van der Waals surface area (Å²) in [6.45, 7) is 5.53. The first-order chi connectivity index (χ1) is 8.35. The zero-order chi connectivity index (χ0) is 13.3.